The zero-order valence-electron chi connectivity index (χ0n) is 13.5. The summed E-state index contributed by atoms with van der Waals surface area (Å²) in [7, 11) is 0. The lowest BCUT2D eigenvalue weighted by molar-refractivity contribution is 0.102. The average molecular weight is 393 g/mol. The molecule has 8 heteroatoms. The van der Waals surface area contributed by atoms with Gasteiger partial charge in [-0.1, -0.05) is 53.2 Å². The highest BCUT2D eigenvalue weighted by molar-refractivity contribution is 7.99. The number of Topliss-reactive ketones (excluding diaryl/α,β-unsaturated/α-hetero) is 1. The second kappa shape index (κ2) is 7.56. The first-order valence-electron chi connectivity index (χ1n) is 7.43. The highest BCUT2D eigenvalue weighted by atomic mass is 35.5. The third-order valence-corrected chi connectivity index (χ3v) is 5.32. The summed E-state index contributed by atoms with van der Waals surface area (Å²) in [5.74, 6) is 0.128. The zero-order valence-corrected chi connectivity index (χ0v) is 15.9. The molecule has 0 amide bonds. The fourth-order valence-electron chi connectivity index (χ4n) is 2.43. The van der Waals surface area contributed by atoms with E-state index < -0.39 is 0 Å². The first-order valence-corrected chi connectivity index (χ1v) is 9.17. The van der Waals surface area contributed by atoms with E-state index in [0.29, 0.717) is 20.8 Å². The van der Waals surface area contributed by atoms with E-state index in [9.17, 15) is 4.79 Å². The molecule has 1 heterocycles. The Morgan fingerprint density at radius 1 is 1.12 bits per heavy atom. The molecule has 1 aromatic heterocycles. The van der Waals surface area contributed by atoms with Crippen LogP contribution in [0.15, 0.2) is 41.6 Å². The van der Waals surface area contributed by atoms with Crippen molar-refractivity contribution >= 4 is 40.7 Å². The van der Waals surface area contributed by atoms with Gasteiger partial charge in [-0.05, 0) is 53.6 Å². The van der Waals surface area contributed by atoms with Crippen molar-refractivity contribution in [2.75, 3.05) is 5.75 Å². The molecule has 0 spiro atoms. The van der Waals surface area contributed by atoms with Crippen LogP contribution < -0.4 is 0 Å². The topological polar surface area (TPSA) is 60.7 Å². The third kappa shape index (κ3) is 3.86. The van der Waals surface area contributed by atoms with Crippen LogP contribution in [-0.4, -0.2) is 31.7 Å². The van der Waals surface area contributed by atoms with Gasteiger partial charge in [0, 0.05) is 5.56 Å². The molecule has 2 aromatic carbocycles. The summed E-state index contributed by atoms with van der Waals surface area (Å²) in [6.07, 6.45) is 0. The Labute approximate surface area is 159 Å². The van der Waals surface area contributed by atoms with Gasteiger partial charge in [0.1, 0.15) is 0 Å². The van der Waals surface area contributed by atoms with Crippen LogP contribution >= 0.6 is 35.0 Å². The molecule has 0 unspecified atom stereocenters. The number of carbonyl (C=O) groups excluding carboxylic acids is 1. The standard InChI is InChI=1S/C17H14Cl2N4OS/c1-10-4-3-5-11(2)16(10)23-17(20-21-22-23)25-9-15(24)12-6-7-13(18)14(19)8-12/h3-8H,9H2,1-2H3. The van der Waals surface area contributed by atoms with Gasteiger partial charge in [-0.3, -0.25) is 4.79 Å². The van der Waals surface area contributed by atoms with Gasteiger partial charge < -0.3 is 0 Å². The lowest BCUT2D eigenvalue weighted by Gasteiger charge is -2.10. The largest absolute Gasteiger partial charge is 0.293 e. The fourth-order valence-corrected chi connectivity index (χ4v) is 3.50. The van der Waals surface area contributed by atoms with Crippen molar-refractivity contribution in [2.45, 2.75) is 19.0 Å². The summed E-state index contributed by atoms with van der Waals surface area (Å²) in [6, 6.07) is 10.8. The van der Waals surface area contributed by atoms with Crippen LogP contribution in [0, 0.1) is 13.8 Å². The molecule has 0 atom stereocenters. The average Bonchev–Trinajstić information content (AvgIpc) is 3.03. The van der Waals surface area contributed by atoms with Crippen molar-refractivity contribution in [1.29, 1.82) is 0 Å². The van der Waals surface area contributed by atoms with E-state index in [1.54, 1.807) is 22.9 Å². The number of benzene rings is 2. The second-order valence-electron chi connectivity index (χ2n) is 5.45. The van der Waals surface area contributed by atoms with Crippen LogP contribution in [0.4, 0.5) is 0 Å². The number of aryl methyl sites for hydroxylation is 2. The van der Waals surface area contributed by atoms with Gasteiger partial charge in [0.2, 0.25) is 5.16 Å². The van der Waals surface area contributed by atoms with E-state index >= 15 is 0 Å². The highest BCUT2D eigenvalue weighted by Crippen LogP contribution is 2.26. The van der Waals surface area contributed by atoms with Gasteiger partial charge in [-0.2, -0.15) is 4.68 Å². The maximum Gasteiger partial charge on any atom is 0.214 e. The Morgan fingerprint density at radius 2 is 1.84 bits per heavy atom. The molecule has 0 N–H and O–H groups in total. The van der Waals surface area contributed by atoms with Crippen LogP contribution in [0.2, 0.25) is 10.0 Å². The number of tetrazole rings is 1. The minimum Gasteiger partial charge on any atom is -0.293 e. The van der Waals surface area contributed by atoms with Gasteiger partial charge in [-0.25, -0.2) is 0 Å². The molecule has 25 heavy (non-hydrogen) atoms. The molecule has 3 rings (SSSR count). The molecule has 3 aromatic rings. The van der Waals surface area contributed by atoms with Crippen molar-refractivity contribution in [3.63, 3.8) is 0 Å². The fraction of sp³-hybridized carbons (Fsp3) is 0.176. The summed E-state index contributed by atoms with van der Waals surface area (Å²) in [5, 5.41) is 13.2. The van der Waals surface area contributed by atoms with Gasteiger partial charge in [0.05, 0.1) is 21.5 Å². The Balaban J connectivity index is 1.80. The minimum atomic E-state index is -0.0698. The molecule has 0 fully saturated rings. The van der Waals surface area contributed by atoms with Crippen LogP contribution in [-0.2, 0) is 0 Å². The van der Waals surface area contributed by atoms with Crippen molar-refractivity contribution in [3.05, 3.63) is 63.1 Å². The molecule has 0 bridgehead atoms. The number of para-hydroxylation sites is 1. The number of thioether (sulfide) groups is 1. The number of ketones is 1. The molecule has 0 aliphatic rings. The molecule has 5 nitrogen and oxygen atoms in total. The SMILES string of the molecule is Cc1cccc(C)c1-n1nnnc1SCC(=O)c1ccc(Cl)c(Cl)c1. The molecule has 0 radical (unpaired) electrons. The quantitative estimate of drug-likeness (QED) is 0.470. The van der Waals surface area contributed by atoms with E-state index in [4.69, 9.17) is 23.2 Å². The molecular formula is C17H14Cl2N4OS. The van der Waals surface area contributed by atoms with Crippen LogP contribution in [0.1, 0.15) is 21.5 Å². The molecule has 0 saturated carbocycles. The summed E-state index contributed by atoms with van der Waals surface area (Å²) >= 11 is 13.1. The Kier molecular flexibility index (Phi) is 5.42. The van der Waals surface area contributed by atoms with Crippen LogP contribution in [0.5, 0.6) is 0 Å². The summed E-state index contributed by atoms with van der Waals surface area (Å²) < 4.78 is 1.66. The Hall–Kier alpha value is -1.89. The predicted molar refractivity (Wildman–Crippen MR) is 100 cm³/mol. The second-order valence-corrected chi connectivity index (χ2v) is 7.21. The molecule has 128 valence electrons. The Bertz CT molecular complexity index is 922. The summed E-state index contributed by atoms with van der Waals surface area (Å²) in [4.78, 5) is 12.4. The highest BCUT2D eigenvalue weighted by Gasteiger charge is 2.16. The van der Waals surface area contributed by atoms with Gasteiger partial charge in [0.15, 0.2) is 5.78 Å². The van der Waals surface area contributed by atoms with Crippen LogP contribution in [0.25, 0.3) is 5.69 Å². The lowest BCUT2D eigenvalue weighted by atomic mass is 10.1. The first-order chi connectivity index (χ1) is 12.0. The third-order valence-electron chi connectivity index (χ3n) is 3.67. The van der Waals surface area contributed by atoms with Crippen LogP contribution in [0.3, 0.4) is 0 Å². The van der Waals surface area contributed by atoms with Crippen molar-refractivity contribution < 1.29 is 4.79 Å². The number of hydrogen-bond donors (Lipinski definition) is 0. The Morgan fingerprint density at radius 3 is 2.52 bits per heavy atom. The first kappa shape index (κ1) is 17.9. The monoisotopic (exact) mass is 392 g/mol. The van der Waals surface area contributed by atoms with Crippen molar-refractivity contribution in [1.82, 2.24) is 20.2 Å². The van der Waals surface area contributed by atoms with Gasteiger partial charge in [-0.15, -0.1) is 5.10 Å². The van der Waals surface area contributed by atoms with Gasteiger partial charge >= 0.3 is 0 Å². The van der Waals surface area contributed by atoms with E-state index in [1.165, 1.54) is 11.8 Å². The number of nitrogens with zero attached hydrogens (tertiary/aromatic N) is 4. The number of halogens is 2. The minimum absolute atomic E-state index is 0.0698. The molecular weight excluding hydrogens is 379 g/mol. The van der Waals surface area contributed by atoms with E-state index in [1.807, 2.05) is 32.0 Å². The molecule has 0 aliphatic heterocycles. The summed E-state index contributed by atoms with van der Waals surface area (Å²) in [6.45, 7) is 4.00. The normalized spacial score (nSPS) is 10.9. The van der Waals surface area contributed by atoms with E-state index in [0.717, 1.165) is 16.8 Å². The molecule has 0 aliphatic carbocycles. The number of rotatable bonds is 5. The summed E-state index contributed by atoms with van der Waals surface area (Å²) in [5.41, 5.74) is 3.56. The zero-order chi connectivity index (χ0) is 18.0. The maximum atomic E-state index is 12.4. The predicted octanol–water partition coefficient (Wildman–Crippen LogP) is 4.56. The van der Waals surface area contributed by atoms with Crippen molar-refractivity contribution in [2.24, 2.45) is 0 Å². The number of hydrogen-bond acceptors (Lipinski definition) is 5. The lowest BCUT2D eigenvalue weighted by Crippen LogP contribution is -2.07. The number of carbonyl (C=O) groups is 1. The molecule has 0 saturated heterocycles. The smallest absolute Gasteiger partial charge is 0.214 e. The maximum absolute atomic E-state index is 12.4. The van der Waals surface area contributed by atoms with Gasteiger partial charge in [0.25, 0.3) is 0 Å². The van der Waals surface area contributed by atoms with E-state index in [2.05, 4.69) is 15.5 Å². The van der Waals surface area contributed by atoms with E-state index in [-0.39, 0.29) is 11.5 Å². The van der Waals surface area contributed by atoms with Crippen molar-refractivity contribution in [3.8, 4) is 5.69 Å². The number of aromatic nitrogens is 4.